The molecule has 0 aromatic rings. The lowest BCUT2D eigenvalue weighted by molar-refractivity contribution is -0.143. The zero-order valence-corrected chi connectivity index (χ0v) is 15.4. The van der Waals surface area contributed by atoms with Crippen LogP contribution in [0.5, 0.6) is 0 Å². The third-order valence-electron chi connectivity index (χ3n) is 5.36. The Bertz CT molecular complexity index is 406. The predicted octanol–water partition coefficient (Wildman–Crippen LogP) is 3.40. The lowest BCUT2D eigenvalue weighted by atomic mass is 9.86. The number of aliphatic imine (C=N–C) groups is 1. The molecular formula is C18H33F3N4. The number of guanidine groups is 1. The Kier molecular flexibility index (Phi) is 8.33. The molecule has 7 heteroatoms. The van der Waals surface area contributed by atoms with Gasteiger partial charge in [0.05, 0.1) is 6.54 Å². The van der Waals surface area contributed by atoms with Crippen LogP contribution in [0, 0.1) is 11.8 Å². The molecule has 1 aliphatic carbocycles. The zero-order chi connectivity index (χ0) is 18.1. The third kappa shape index (κ3) is 8.29. The van der Waals surface area contributed by atoms with Crippen molar-refractivity contribution in [3.63, 3.8) is 0 Å². The van der Waals surface area contributed by atoms with Crippen LogP contribution in [0.15, 0.2) is 4.99 Å². The second-order valence-corrected chi connectivity index (χ2v) is 7.53. The van der Waals surface area contributed by atoms with Crippen molar-refractivity contribution in [3.05, 3.63) is 0 Å². The molecule has 2 N–H and O–H groups in total. The third-order valence-corrected chi connectivity index (χ3v) is 5.36. The summed E-state index contributed by atoms with van der Waals surface area (Å²) in [6.07, 6.45) is 6.05. The number of nitrogens with zero attached hydrogens (tertiary/aromatic N) is 2. The van der Waals surface area contributed by atoms with Gasteiger partial charge in [0.1, 0.15) is 0 Å². The van der Waals surface area contributed by atoms with Gasteiger partial charge in [-0.3, -0.25) is 9.89 Å². The summed E-state index contributed by atoms with van der Waals surface area (Å²) in [5.41, 5.74) is 0. The van der Waals surface area contributed by atoms with Gasteiger partial charge in [0.25, 0.3) is 0 Å². The van der Waals surface area contributed by atoms with E-state index in [0.29, 0.717) is 19.6 Å². The van der Waals surface area contributed by atoms with Gasteiger partial charge >= 0.3 is 6.18 Å². The molecule has 1 saturated heterocycles. The number of hydrogen-bond acceptors (Lipinski definition) is 2. The summed E-state index contributed by atoms with van der Waals surface area (Å²) in [5.74, 6) is 1.91. The van der Waals surface area contributed by atoms with E-state index in [1.54, 1.807) is 7.05 Å². The fourth-order valence-corrected chi connectivity index (χ4v) is 4.01. The van der Waals surface area contributed by atoms with Crippen molar-refractivity contribution in [2.45, 2.75) is 57.5 Å². The van der Waals surface area contributed by atoms with Gasteiger partial charge in [0.2, 0.25) is 0 Å². The summed E-state index contributed by atoms with van der Waals surface area (Å²) in [6.45, 7) is 1.82. The number of nitrogens with one attached hydrogen (secondary N) is 2. The van der Waals surface area contributed by atoms with Gasteiger partial charge < -0.3 is 10.6 Å². The fraction of sp³-hybridized carbons (Fsp3) is 0.944. The molecule has 1 atom stereocenters. The van der Waals surface area contributed by atoms with Gasteiger partial charge in [0.15, 0.2) is 5.96 Å². The molecule has 25 heavy (non-hydrogen) atoms. The molecule has 4 nitrogen and oxygen atoms in total. The van der Waals surface area contributed by atoms with Crippen LogP contribution >= 0.6 is 0 Å². The summed E-state index contributed by atoms with van der Waals surface area (Å²) in [5, 5.41) is 6.59. The number of likely N-dealkylation sites (tertiary alicyclic amines) is 1. The largest absolute Gasteiger partial charge is 0.401 e. The highest BCUT2D eigenvalue weighted by Crippen LogP contribution is 2.27. The van der Waals surface area contributed by atoms with Gasteiger partial charge in [-0.25, -0.2) is 0 Å². The van der Waals surface area contributed by atoms with E-state index in [0.717, 1.165) is 31.3 Å². The molecule has 2 rings (SSSR count). The summed E-state index contributed by atoms with van der Waals surface area (Å²) in [7, 11) is 1.74. The molecule has 0 spiro atoms. The Hall–Kier alpha value is -0.980. The maximum atomic E-state index is 12.4. The summed E-state index contributed by atoms with van der Waals surface area (Å²) in [6, 6.07) is 0. The number of halogens is 3. The molecule has 1 aliphatic heterocycles. The van der Waals surface area contributed by atoms with E-state index >= 15 is 0 Å². The van der Waals surface area contributed by atoms with Crippen molar-refractivity contribution in [1.29, 1.82) is 0 Å². The van der Waals surface area contributed by atoms with Crippen molar-refractivity contribution in [3.8, 4) is 0 Å². The van der Waals surface area contributed by atoms with Crippen molar-refractivity contribution >= 4 is 5.96 Å². The zero-order valence-electron chi connectivity index (χ0n) is 15.4. The van der Waals surface area contributed by atoms with E-state index in [2.05, 4.69) is 15.6 Å². The SMILES string of the molecule is CN=C(NCCCC1CCCCC1)NCC1CCN(CC(F)(F)F)C1. The van der Waals surface area contributed by atoms with Crippen LogP contribution in [-0.4, -0.2) is 56.8 Å². The monoisotopic (exact) mass is 362 g/mol. The van der Waals surface area contributed by atoms with E-state index < -0.39 is 12.7 Å². The molecule has 1 saturated carbocycles. The molecule has 1 unspecified atom stereocenters. The first-order chi connectivity index (χ1) is 12.0. The van der Waals surface area contributed by atoms with Gasteiger partial charge in [-0.05, 0) is 37.6 Å². The van der Waals surface area contributed by atoms with E-state index in [1.165, 1.54) is 43.4 Å². The van der Waals surface area contributed by atoms with E-state index in [9.17, 15) is 13.2 Å². The maximum absolute atomic E-state index is 12.4. The summed E-state index contributed by atoms with van der Waals surface area (Å²) in [4.78, 5) is 5.71. The normalized spacial score (nSPS) is 23.8. The molecule has 146 valence electrons. The first-order valence-electron chi connectivity index (χ1n) is 9.70. The van der Waals surface area contributed by atoms with E-state index in [4.69, 9.17) is 0 Å². The number of hydrogen-bond donors (Lipinski definition) is 2. The van der Waals surface area contributed by atoms with Crippen molar-refractivity contribution < 1.29 is 13.2 Å². The second-order valence-electron chi connectivity index (χ2n) is 7.53. The van der Waals surface area contributed by atoms with Crippen LogP contribution in [0.3, 0.4) is 0 Å². The Morgan fingerprint density at radius 3 is 2.52 bits per heavy atom. The fourth-order valence-electron chi connectivity index (χ4n) is 4.01. The Morgan fingerprint density at radius 2 is 1.84 bits per heavy atom. The molecule has 2 fully saturated rings. The molecule has 1 heterocycles. The molecule has 0 bridgehead atoms. The molecule has 2 aliphatic rings. The second kappa shape index (κ2) is 10.2. The molecule has 0 aromatic heterocycles. The Morgan fingerprint density at radius 1 is 1.08 bits per heavy atom. The lowest BCUT2D eigenvalue weighted by Gasteiger charge is -2.21. The van der Waals surface area contributed by atoms with E-state index in [1.807, 2.05) is 0 Å². The van der Waals surface area contributed by atoms with Crippen LogP contribution in [0.4, 0.5) is 13.2 Å². The van der Waals surface area contributed by atoms with Gasteiger partial charge in [-0.2, -0.15) is 13.2 Å². The summed E-state index contributed by atoms with van der Waals surface area (Å²) < 4.78 is 37.3. The average molecular weight is 362 g/mol. The minimum atomic E-state index is -4.10. The predicted molar refractivity (Wildman–Crippen MR) is 95.8 cm³/mol. The van der Waals surface area contributed by atoms with Crippen molar-refractivity contribution in [2.75, 3.05) is 39.8 Å². The lowest BCUT2D eigenvalue weighted by Crippen LogP contribution is -2.41. The first kappa shape index (κ1) is 20.3. The summed E-state index contributed by atoms with van der Waals surface area (Å²) >= 11 is 0. The van der Waals surface area contributed by atoms with Crippen LogP contribution in [0.1, 0.15) is 51.4 Å². The van der Waals surface area contributed by atoms with Gasteiger partial charge in [0, 0.05) is 26.7 Å². The van der Waals surface area contributed by atoms with E-state index in [-0.39, 0.29) is 5.92 Å². The highest BCUT2D eigenvalue weighted by molar-refractivity contribution is 5.79. The first-order valence-corrected chi connectivity index (χ1v) is 9.70. The van der Waals surface area contributed by atoms with Crippen LogP contribution in [0.2, 0.25) is 0 Å². The quantitative estimate of drug-likeness (QED) is 0.414. The number of alkyl halides is 3. The minimum Gasteiger partial charge on any atom is -0.356 e. The average Bonchev–Trinajstić information content (AvgIpc) is 3.00. The molecular weight excluding hydrogens is 329 g/mol. The maximum Gasteiger partial charge on any atom is 0.401 e. The Labute approximate surface area is 149 Å². The smallest absolute Gasteiger partial charge is 0.356 e. The Balaban J connectivity index is 1.56. The topological polar surface area (TPSA) is 39.7 Å². The number of rotatable bonds is 7. The highest BCUT2D eigenvalue weighted by Gasteiger charge is 2.34. The van der Waals surface area contributed by atoms with Crippen LogP contribution < -0.4 is 10.6 Å². The highest BCUT2D eigenvalue weighted by atomic mass is 19.4. The van der Waals surface area contributed by atoms with Crippen molar-refractivity contribution in [1.82, 2.24) is 15.5 Å². The standard InChI is InChI=1S/C18H33F3N4/c1-22-17(23-10-5-8-15-6-3-2-4-7-15)24-12-16-9-11-25(13-16)14-18(19,20)21/h15-16H,2-14H2,1H3,(H2,22,23,24). The minimum absolute atomic E-state index is 0.253. The van der Waals surface area contributed by atoms with Gasteiger partial charge in [-0.1, -0.05) is 32.1 Å². The van der Waals surface area contributed by atoms with Crippen molar-refractivity contribution in [2.24, 2.45) is 16.8 Å². The van der Waals surface area contributed by atoms with Crippen LogP contribution in [-0.2, 0) is 0 Å². The molecule has 0 radical (unpaired) electrons. The molecule has 0 aromatic carbocycles. The van der Waals surface area contributed by atoms with Gasteiger partial charge in [-0.15, -0.1) is 0 Å². The van der Waals surface area contributed by atoms with Crippen LogP contribution in [0.25, 0.3) is 0 Å². The molecule has 0 amide bonds.